The number of hydrogen-bond donors (Lipinski definition) is 0. The van der Waals surface area contributed by atoms with Gasteiger partial charge in [0.25, 0.3) is 0 Å². The second kappa shape index (κ2) is 1.75. The maximum absolute atomic E-state index is 11.7. The Morgan fingerprint density at radius 2 is 1.23 bits per heavy atom. The first-order valence-electron chi connectivity index (χ1n) is 5.33. The van der Waals surface area contributed by atoms with Gasteiger partial charge in [-0.1, -0.05) is 0 Å². The van der Waals surface area contributed by atoms with E-state index in [4.69, 9.17) is 0 Å². The van der Waals surface area contributed by atoms with Crippen LogP contribution in [0.25, 0.3) is 0 Å². The van der Waals surface area contributed by atoms with Crippen molar-refractivity contribution in [1.82, 2.24) is 0 Å². The number of hydrogen-bond acceptors (Lipinski definition) is 2. The molecule has 2 nitrogen and oxygen atoms in total. The van der Waals surface area contributed by atoms with Gasteiger partial charge < -0.3 is 0 Å². The van der Waals surface area contributed by atoms with Crippen molar-refractivity contribution in [2.75, 3.05) is 0 Å². The SMILES string of the molecule is O=C1C[C@@H]2[C@H]3CC(=O)[C@H]4[C@H]3C[C@@H]2[C@H]14. The molecule has 0 N–H and O–H groups in total. The van der Waals surface area contributed by atoms with E-state index in [0.29, 0.717) is 35.2 Å². The summed E-state index contributed by atoms with van der Waals surface area (Å²) in [7, 11) is 0. The van der Waals surface area contributed by atoms with Crippen LogP contribution in [0.5, 0.6) is 0 Å². The third-order valence-corrected chi connectivity index (χ3v) is 5.12. The summed E-state index contributed by atoms with van der Waals surface area (Å²) in [6.45, 7) is 0. The maximum Gasteiger partial charge on any atom is 0.137 e. The van der Waals surface area contributed by atoms with Crippen LogP contribution in [-0.2, 0) is 9.59 Å². The summed E-state index contributed by atoms with van der Waals surface area (Å²) in [5.74, 6) is 3.67. The van der Waals surface area contributed by atoms with E-state index in [9.17, 15) is 9.59 Å². The molecule has 4 fully saturated rings. The molecule has 13 heavy (non-hydrogen) atoms. The number of rotatable bonds is 0. The van der Waals surface area contributed by atoms with Crippen molar-refractivity contribution in [3.63, 3.8) is 0 Å². The molecule has 2 heteroatoms. The van der Waals surface area contributed by atoms with Crippen molar-refractivity contribution in [3.8, 4) is 0 Å². The lowest BCUT2D eigenvalue weighted by molar-refractivity contribution is -0.129. The smallest absolute Gasteiger partial charge is 0.137 e. The van der Waals surface area contributed by atoms with Crippen molar-refractivity contribution in [3.05, 3.63) is 0 Å². The zero-order valence-electron chi connectivity index (χ0n) is 7.40. The van der Waals surface area contributed by atoms with Gasteiger partial charge in [0.2, 0.25) is 0 Å². The quantitative estimate of drug-likeness (QED) is 0.552. The molecule has 0 aromatic rings. The molecule has 4 rings (SSSR count). The topological polar surface area (TPSA) is 34.1 Å². The normalized spacial score (nSPS) is 61.2. The van der Waals surface area contributed by atoms with Crippen molar-refractivity contribution < 1.29 is 9.59 Å². The molecule has 0 unspecified atom stereocenters. The van der Waals surface area contributed by atoms with Crippen LogP contribution in [0.1, 0.15) is 19.3 Å². The standard InChI is InChI=1S/C11H12O2/c12-8-2-4-5-3-9(13)11-7(5)1-6(4)10(8)11/h4-7,10-11H,1-3H2/t4-,5-,6+,7+,10-,11-/m1/s1. The van der Waals surface area contributed by atoms with Crippen molar-refractivity contribution in [2.45, 2.75) is 19.3 Å². The summed E-state index contributed by atoms with van der Waals surface area (Å²) < 4.78 is 0. The van der Waals surface area contributed by atoms with E-state index >= 15 is 0 Å². The molecule has 0 saturated heterocycles. The minimum absolute atomic E-state index is 0.182. The Labute approximate surface area is 76.7 Å². The largest absolute Gasteiger partial charge is 0.299 e. The van der Waals surface area contributed by atoms with E-state index < -0.39 is 0 Å². The van der Waals surface area contributed by atoms with Crippen LogP contribution < -0.4 is 0 Å². The second-order valence-corrected chi connectivity index (χ2v) is 5.28. The van der Waals surface area contributed by atoms with E-state index in [1.807, 2.05) is 0 Å². The highest BCUT2D eigenvalue weighted by Gasteiger charge is 2.69. The molecule has 0 aliphatic heterocycles. The second-order valence-electron chi connectivity index (χ2n) is 5.28. The summed E-state index contributed by atoms with van der Waals surface area (Å²) in [5, 5.41) is 0. The summed E-state index contributed by atoms with van der Waals surface area (Å²) in [6.07, 6.45) is 2.81. The van der Waals surface area contributed by atoms with E-state index in [-0.39, 0.29) is 11.8 Å². The number of carbonyl (C=O) groups excluding carboxylic acids is 2. The average Bonchev–Trinajstić information content (AvgIpc) is 2.67. The third-order valence-electron chi connectivity index (χ3n) is 5.12. The minimum atomic E-state index is 0.182. The third kappa shape index (κ3) is 0.527. The van der Waals surface area contributed by atoms with E-state index in [2.05, 4.69) is 0 Å². The zero-order valence-corrected chi connectivity index (χ0v) is 7.40. The van der Waals surface area contributed by atoms with Crippen molar-refractivity contribution in [1.29, 1.82) is 0 Å². The molecule has 4 aliphatic rings. The Balaban J connectivity index is 1.94. The zero-order chi connectivity index (χ0) is 8.74. The summed E-state index contributed by atoms with van der Waals surface area (Å²) >= 11 is 0. The van der Waals surface area contributed by atoms with Crippen LogP contribution in [-0.4, -0.2) is 11.6 Å². The summed E-state index contributed by atoms with van der Waals surface area (Å²) in [5.41, 5.74) is 0. The molecule has 0 amide bonds. The average molecular weight is 176 g/mol. The Kier molecular flexibility index (Phi) is 0.907. The maximum atomic E-state index is 11.7. The number of carbonyl (C=O) groups is 2. The van der Waals surface area contributed by atoms with Crippen LogP contribution >= 0.6 is 0 Å². The molecule has 2 bridgehead atoms. The minimum Gasteiger partial charge on any atom is -0.299 e. The van der Waals surface area contributed by atoms with Crippen LogP contribution in [0.4, 0.5) is 0 Å². The Morgan fingerprint density at radius 3 is 1.69 bits per heavy atom. The highest BCUT2D eigenvalue weighted by Crippen LogP contribution is 2.68. The number of ketones is 2. The molecular formula is C11H12O2. The predicted molar refractivity (Wildman–Crippen MR) is 44.8 cm³/mol. The fourth-order valence-electron chi connectivity index (χ4n) is 4.88. The molecular weight excluding hydrogens is 164 g/mol. The number of fused-ring (bicyclic) bond motifs is 2. The lowest BCUT2D eigenvalue weighted by Crippen LogP contribution is -2.26. The predicted octanol–water partition coefficient (Wildman–Crippen LogP) is 1.05. The van der Waals surface area contributed by atoms with Crippen LogP contribution in [0, 0.1) is 35.5 Å². The van der Waals surface area contributed by atoms with Crippen LogP contribution in [0.15, 0.2) is 0 Å². The summed E-state index contributed by atoms with van der Waals surface area (Å²) in [4.78, 5) is 23.4. The molecule has 68 valence electrons. The van der Waals surface area contributed by atoms with Gasteiger partial charge in [0, 0.05) is 24.7 Å². The van der Waals surface area contributed by atoms with Crippen LogP contribution in [0.3, 0.4) is 0 Å². The molecule has 0 aromatic heterocycles. The first-order chi connectivity index (χ1) is 6.27. The molecule has 4 aliphatic carbocycles. The molecule has 0 aromatic carbocycles. The van der Waals surface area contributed by atoms with E-state index in [1.54, 1.807) is 0 Å². The van der Waals surface area contributed by atoms with Gasteiger partial charge in [-0.15, -0.1) is 0 Å². The molecule has 4 saturated carbocycles. The van der Waals surface area contributed by atoms with Gasteiger partial charge in [0.05, 0.1) is 0 Å². The van der Waals surface area contributed by atoms with E-state index in [0.717, 1.165) is 12.8 Å². The van der Waals surface area contributed by atoms with Gasteiger partial charge in [-0.2, -0.15) is 0 Å². The van der Waals surface area contributed by atoms with Gasteiger partial charge in [-0.25, -0.2) is 0 Å². The highest BCUT2D eigenvalue weighted by molar-refractivity contribution is 5.96. The van der Waals surface area contributed by atoms with E-state index in [1.165, 1.54) is 6.42 Å². The molecule has 0 radical (unpaired) electrons. The lowest BCUT2D eigenvalue weighted by Gasteiger charge is -2.22. The molecule has 0 spiro atoms. The summed E-state index contributed by atoms with van der Waals surface area (Å²) in [6, 6.07) is 0. The Hall–Kier alpha value is -0.660. The van der Waals surface area contributed by atoms with Crippen molar-refractivity contribution in [2.24, 2.45) is 35.5 Å². The lowest BCUT2D eigenvalue weighted by atomic mass is 9.79. The van der Waals surface area contributed by atoms with Crippen molar-refractivity contribution >= 4 is 11.6 Å². The molecule has 0 heterocycles. The van der Waals surface area contributed by atoms with Crippen LogP contribution in [0.2, 0.25) is 0 Å². The Bertz CT molecular complexity index is 297. The number of Topliss-reactive ketones (excluding diaryl/α,β-unsaturated/α-hetero) is 2. The van der Waals surface area contributed by atoms with Gasteiger partial charge in [0.1, 0.15) is 11.6 Å². The fraction of sp³-hybridized carbons (Fsp3) is 0.818. The monoisotopic (exact) mass is 176 g/mol. The van der Waals surface area contributed by atoms with Gasteiger partial charge in [-0.05, 0) is 30.1 Å². The Morgan fingerprint density at radius 1 is 0.769 bits per heavy atom. The first-order valence-corrected chi connectivity index (χ1v) is 5.33. The van der Waals surface area contributed by atoms with Gasteiger partial charge in [0.15, 0.2) is 0 Å². The highest BCUT2D eigenvalue weighted by atomic mass is 16.1. The fourth-order valence-corrected chi connectivity index (χ4v) is 4.88. The van der Waals surface area contributed by atoms with Gasteiger partial charge in [-0.3, -0.25) is 9.59 Å². The first kappa shape index (κ1) is 6.74. The molecule has 6 atom stereocenters. The van der Waals surface area contributed by atoms with Gasteiger partial charge >= 0.3 is 0 Å².